The Labute approximate surface area is 63.7 Å². The molecule has 0 spiro atoms. The predicted molar refractivity (Wildman–Crippen MR) is 39.6 cm³/mol. The lowest BCUT2D eigenvalue weighted by Gasteiger charge is -1.99. The summed E-state index contributed by atoms with van der Waals surface area (Å²) in [6.07, 6.45) is 4.73. The van der Waals surface area contributed by atoms with Gasteiger partial charge < -0.3 is 0 Å². The zero-order valence-electron chi connectivity index (χ0n) is 6.05. The second-order valence-electron chi connectivity index (χ2n) is 2.01. The van der Waals surface area contributed by atoms with E-state index in [4.69, 9.17) is 5.53 Å². The van der Waals surface area contributed by atoms with Gasteiger partial charge in [-0.3, -0.25) is 9.97 Å². The summed E-state index contributed by atoms with van der Waals surface area (Å²) in [5.41, 5.74) is 8.79. The molecule has 0 amide bonds. The van der Waals surface area contributed by atoms with Crippen LogP contribution in [0.25, 0.3) is 10.4 Å². The summed E-state index contributed by atoms with van der Waals surface area (Å²) in [7, 11) is 0. The van der Waals surface area contributed by atoms with E-state index in [1.807, 2.05) is 0 Å². The molecule has 1 atom stereocenters. The molecule has 56 valence electrons. The van der Waals surface area contributed by atoms with E-state index in [2.05, 4.69) is 20.0 Å². The minimum atomic E-state index is -0.242. The first-order chi connectivity index (χ1) is 5.34. The van der Waals surface area contributed by atoms with Crippen molar-refractivity contribution in [3.05, 3.63) is 34.7 Å². The topological polar surface area (TPSA) is 74.5 Å². The van der Waals surface area contributed by atoms with Crippen molar-refractivity contribution < 1.29 is 0 Å². The van der Waals surface area contributed by atoms with Crippen LogP contribution in [0.1, 0.15) is 18.7 Å². The van der Waals surface area contributed by atoms with Crippen molar-refractivity contribution in [3.8, 4) is 0 Å². The monoisotopic (exact) mass is 149 g/mol. The zero-order valence-corrected chi connectivity index (χ0v) is 6.05. The van der Waals surface area contributed by atoms with Crippen LogP contribution in [-0.4, -0.2) is 9.97 Å². The maximum absolute atomic E-state index is 8.11. The highest BCUT2D eigenvalue weighted by atomic mass is 15.1. The van der Waals surface area contributed by atoms with Crippen molar-refractivity contribution in [2.45, 2.75) is 13.0 Å². The molecule has 0 aliphatic rings. The standard InChI is InChI=1S/C6H7N5/c1-5(10-11-7)6-4-8-2-3-9-6/h2-5H,1H3/t5-/m1/s1. The quantitative estimate of drug-likeness (QED) is 0.365. The van der Waals surface area contributed by atoms with Gasteiger partial charge in [-0.1, -0.05) is 12.0 Å². The van der Waals surface area contributed by atoms with E-state index in [-0.39, 0.29) is 6.04 Å². The minimum Gasteiger partial charge on any atom is -0.261 e. The van der Waals surface area contributed by atoms with E-state index in [1.54, 1.807) is 25.5 Å². The molecule has 1 aromatic rings. The third kappa shape index (κ3) is 1.91. The van der Waals surface area contributed by atoms with Crippen LogP contribution in [0.15, 0.2) is 23.7 Å². The summed E-state index contributed by atoms with van der Waals surface area (Å²) in [6, 6.07) is -0.242. The molecule has 0 saturated carbocycles. The average Bonchev–Trinajstić information content (AvgIpc) is 2.07. The SMILES string of the molecule is C[C@@H](N=[N+]=[N-])c1cnccn1. The Bertz CT molecular complexity index is 264. The summed E-state index contributed by atoms with van der Waals surface area (Å²) in [5.74, 6) is 0. The summed E-state index contributed by atoms with van der Waals surface area (Å²) in [5, 5.41) is 3.47. The van der Waals surface area contributed by atoms with Gasteiger partial charge in [-0.15, -0.1) is 0 Å². The average molecular weight is 149 g/mol. The maximum Gasteiger partial charge on any atom is 0.0785 e. The number of hydrogen-bond acceptors (Lipinski definition) is 3. The molecule has 0 aliphatic heterocycles. The van der Waals surface area contributed by atoms with Gasteiger partial charge in [0.2, 0.25) is 0 Å². The van der Waals surface area contributed by atoms with Gasteiger partial charge in [-0.05, 0) is 5.53 Å². The molecule has 0 bridgehead atoms. The van der Waals surface area contributed by atoms with Crippen molar-refractivity contribution in [2.24, 2.45) is 5.11 Å². The first kappa shape index (κ1) is 7.50. The molecule has 5 nitrogen and oxygen atoms in total. The summed E-state index contributed by atoms with van der Waals surface area (Å²) in [4.78, 5) is 10.5. The molecule has 1 aromatic heterocycles. The highest BCUT2D eigenvalue weighted by Gasteiger charge is 2.01. The fourth-order valence-electron chi connectivity index (χ4n) is 0.663. The second-order valence-corrected chi connectivity index (χ2v) is 2.01. The zero-order chi connectivity index (χ0) is 8.10. The first-order valence-electron chi connectivity index (χ1n) is 3.14. The van der Waals surface area contributed by atoms with Crippen molar-refractivity contribution >= 4 is 0 Å². The van der Waals surface area contributed by atoms with Crippen LogP contribution in [0.5, 0.6) is 0 Å². The molecule has 5 heteroatoms. The van der Waals surface area contributed by atoms with Crippen molar-refractivity contribution in [3.63, 3.8) is 0 Å². The minimum absolute atomic E-state index is 0.242. The lowest BCUT2D eigenvalue weighted by molar-refractivity contribution is 0.764. The van der Waals surface area contributed by atoms with Crippen LogP contribution in [0.2, 0.25) is 0 Å². The fourth-order valence-corrected chi connectivity index (χ4v) is 0.663. The summed E-state index contributed by atoms with van der Waals surface area (Å²) >= 11 is 0. The second kappa shape index (κ2) is 3.53. The Morgan fingerprint density at radius 3 is 3.00 bits per heavy atom. The van der Waals surface area contributed by atoms with Crippen molar-refractivity contribution in [2.75, 3.05) is 0 Å². The Kier molecular flexibility index (Phi) is 2.41. The van der Waals surface area contributed by atoms with Crippen LogP contribution in [0.4, 0.5) is 0 Å². The smallest absolute Gasteiger partial charge is 0.0785 e. The van der Waals surface area contributed by atoms with Gasteiger partial charge in [-0.25, -0.2) is 0 Å². The van der Waals surface area contributed by atoms with E-state index >= 15 is 0 Å². The molecular formula is C6H7N5. The number of azide groups is 1. The van der Waals surface area contributed by atoms with Crippen LogP contribution in [0.3, 0.4) is 0 Å². The molecule has 0 radical (unpaired) electrons. The lowest BCUT2D eigenvalue weighted by Crippen LogP contribution is -1.92. The largest absolute Gasteiger partial charge is 0.261 e. The molecule has 0 saturated heterocycles. The predicted octanol–water partition coefficient (Wildman–Crippen LogP) is 1.85. The summed E-state index contributed by atoms with van der Waals surface area (Å²) < 4.78 is 0. The first-order valence-corrected chi connectivity index (χ1v) is 3.14. The summed E-state index contributed by atoms with van der Waals surface area (Å²) in [6.45, 7) is 1.77. The molecule has 0 N–H and O–H groups in total. The van der Waals surface area contributed by atoms with Crippen LogP contribution < -0.4 is 0 Å². The number of rotatable bonds is 2. The van der Waals surface area contributed by atoms with Gasteiger partial charge in [0.15, 0.2) is 0 Å². The molecule has 1 rings (SSSR count). The molecule has 0 unspecified atom stereocenters. The molecule has 1 heterocycles. The van der Waals surface area contributed by atoms with E-state index in [9.17, 15) is 0 Å². The Balaban J connectivity index is 2.84. The number of hydrogen-bond donors (Lipinski definition) is 0. The van der Waals surface area contributed by atoms with Gasteiger partial charge in [0, 0.05) is 23.5 Å². The highest BCUT2D eigenvalue weighted by molar-refractivity contribution is 5.00. The van der Waals surface area contributed by atoms with Gasteiger partial charge in [0.05, 0.1) is 11.7 Å². The van der Waals surface area contributed by atoms with E-state index in [1.165, 1.54) is 0 Å². The van der Waals surface area contributed by atoms with Gasteiger partial charge >= 0.3 is 0 Å². The van der Waals surface area contributed by atoms with E-state index in [0.717, 1.165) is 0 Å². The Hall–Kier alpha value is -1.61. The highest BCUT2D eigenvalue weighted by Crippen LogP contribution is 2.11. The van der Waals surface area contributed by atoms with Gasteiger partial charge in [0.25, 0.3) is 0 Å². The van der Waals surface area contributed by atoms with E-state index in [0.29, 0.717) is 5.69 Å². The number of nitrogens with zero attached hydrogens (tertiary/aromatic N) is 5. The Morgan fingerprint density at radius 1 is 1.64 bits per heavy atom. The molecule has 11 heavy (non-hydrogen) atoms. The molecule has 0 aromatic carbocycles. The van der Waals surface area contributed by atoms with E-state index < -0.39 is 0 Å². The maximum atomic E-state index is 8.11. The van der Waals surface area contributed by atoms with Crippen LogP contribution in [-0.2, 0) is 0 Å². The lowest BCUT2D eigenvalue weighted by atomic mass is 10.3. The van der Waals surface area contributed by atoms with Gasteiger partial charge in [0.1, 0.15) is 0 Å². The Morgan fingerprint density at radius 2 is 2.45 bits per heavy atom. The van der Waals surface area contributed by atoms with Gasteiger partial charge in [-0.2, -0.15) is 0 Å². The third-order valence-electron chi connectivity index (χ3n) is 1.24. The van der Waals surface area contributed by atoms with Crippen molar-refractivity contribution in [1.29, 1.82) is 0 Å². The van der Waals surface area contributed by atoms with Crippen LogP contribution >= 0.6 is 0 Å². The molecule has 0 aliphatic carbocycles. The molecular weight excluding hydrogens is 142 g/mol. The molecule has 0 fully saturated rings. The normalized spacial score (nSPS) is 11.7. The number of aromatic nitrogens is 2. The van der Waals surface area contributed by atoms with Crippen molar-refractivity contribution in [1.82, 2.24) is 9.97 Å². The van der Waals surface area contributed by atoms with Crippen LogP contribution in [0, 0.1) is 0 Å². The third-order valence-corrected chi connectivity index (χ3v) is 1.24. The fraction of sp³-hybridized carbons (Fsp3) is 0.333.